The highest BCUT2D eigenvalue weighted by Crippen LogP contribution is 2.13. The van der Waals surface area contributed by atoms with E-state index in [9.17, 15) is 4.39 Å². The van der Waals surface area contributed by atoms with E-state index in [0.717, 1.165) is 16.9 Å². The molecule has 6 heteroatoms. The number of benzene rings is 2. The zero-order valence-corrected chi connectivity index (χ0v) is 12.9. The monoisotopic (exact) mass is 317 g/mol. The Kier molecular flexibility index (Phi) is 5.97. The van der Waals surface area contributed by atoms with Gasteiger partial charge in [0.15, 0.2) is 5.17 Å². The van der Waals surface area contributed by atoms with Gasteiger partial charge < -0.3 is 10.5 Å². The second-order valence-electron chi connectivity index (χ2n) is 4.37. The van der Waals surface area contributed by atoms with Gasteiger partial charge in [-0.3, -0.25) is 0 Å². The summed E-state index contributed by atoms with van der Waals surface area (Å²) in [5.41, 5.74) is 7.65. The van der Waals surface area contributed by atoms with E-state index < -0.39 is 0 Å². The minimum Gasteiger partial charge on any atom is -0.497 e. The quantitative estimate of drug-likeness (QED) is 0.522. The zero-order valence-electron chi connectivity index (χ0n) is 12.1. The van der Waals surface area contributed by atoms with E-state index in [0.29, 0.717) is 10.9 Å². The van der Waals surface area contributed by atoms with Gasteiger partial charge in [0.25, 0.3) is 0 Å². The summed E-state index contributed by atoms with van der Waals surface area (Å²) in [4.78, 5) is 0. The van der Waals surface area contributed by atoms with Crippen molar-refractivity contribution in [2.75, 3.05) is 7.11 Å². The second-order valence-corrected chi connectivity index (χ2v) is 5.37. The van der Waals surface area contributed by atoms with Crippen molar-refractivity contribution >= 4 is 23.1 Å². The maximum absolute atomic E-state index is 12.8. The summed E-state index contributed by atoms with van der Waals surface area (Å²) in [5.74, 6) is 1.16. The third-order valence-electron chi connectivity index (χ3n) is 2.78. The fourth-order valence-electron chi connectivity index (χ4n) is 1.61. The highest BCUT2D eigenvalue weighted by molar-refractivity contribution is 8.13. The van der Waals surface area contributed by atoms with Crippen molar-refractivity contribution in [3.8, 4) is 5.75 Å². The molecule has 0 saturated heterocycles. The van der Waals surface area contributed by atoms with Crippen LogP contribution in [0.2, 0.25) is 0 Å². The smallest absolute Gasteiger partial charge is 0.180 e. The number of methoxy groups -OCH3 is 1. The SMILES string of the molecule is COc1ccc(/C=N/N=C(\N)SCc2ccc(F)cc2)cc1. The molecule has 0 aliphatic carbocycles. The summed E-state index contributed by atoms with van der Waals surface area (Å²) in [6.07, 6.45) is 1.62. The van der Waals surface area contributed by atoms with Gasteiger partial charge >= 0.3 is 0 Å². The van der Waals surface area contributed by atoms with Crippen LogP contribution in [0.1, 0.15) is 11.1 Å². The number of hydrogen-bond acceptors (Lipinski definition) is 4. The van der Waals surface area contributed by atoms with Crippen LogP contribution in [0.3, 0.4) is 0 Å². The van der Waals surface area contributed by atoms with Gasteiger partial charge in [-0.15, -0.1) is 5.10 Å². The average Bonchev–Trinajstić information content (AvgIpc) is 2.55. The molecule has 0 aliphatic heterocycles. The maximum atomic E-state index is 12.8. The van der Waals surface area contributed by atoms with Crippen LogP contribution >= 0.6 is 11.8 Å². The molecule has 114 valence electrons. The molecule has 2 aromatic carbocycles. The summed E-state index contributed by atoms with van der Waals surface area (Å²) in [7, 11) is 1.62. The van der Waals surface area contributed by atoms with E-state index in [1.807, 2.05) is 24.3 Å². The Balaban J connectivity index is 1.85. The molecule has 0 saturated carbocycles. The van der Waals surface area contributed by atoms with Crippen molar-refractivity contribution in [2.24, 2.45) is 15.9 Å². The van der Waals surface area contributed by atoms with Crippen LogP contribution in [0.5, 0.6) is 5.75 Å². The van der Waals surface area contributed by atoms with Crippen molar-refractivity contribution < 1.29 is 9.13 Å². The predicted molar refractivity (Wildman–Crippen MR) is 89.9 cm³/mol. The van der Waals surface area contributed by atoms with Crippen molar-refractivity contribution in [1.82, 2.24) is 0 Å². The van der Waals surface area contributed by atoms with Crippen LogP contribution in [0.4, 0.5) is 4.39 Å². The summed E-state index contributed by atoms with van der Waals surface area (Å²) in [6, 6.07) is 13.7. The molecule has 2 rings (SSSR count). The lowest BCUT2D eigenvalue weighted by atomic mass is 10.2. The highest BCUT2D eigenvalue weighted by atomic mass is 32.2. The lowest BCUT2D eigenvalue weighted by Gasteiger charge is -2.00. The van der Waals surface area contributed by atoms with Crippen LogP contribution in [-0.4, -0.2) is 18.5 Å². The average molecular weight is 317 g/mol. The third-order valence-corrected chi connectivity index (χ3v) is 3.63. The Hall–Kier alpha value is -2.34. The molecule has 22 heavy (non-hydrogen) atoms. The minimum absolute atomic E-state index is 0.250. The minimum atomic E-state index is -0.250. The Morgan fingerprint density at radius 1 is 1.18 bits per heavy atom. The summed E-state index contributed by atoms with van der Waals surface area (Å²) >= 11 is 1.35. The van der Waals surface area contributed by atoms with Gasteiger partial charge in [-0.25, -0.2) is 4.39 Å². The topological polar surface area (TPSA) is 60.0 Å². The lowest BCUT2D eigenvalue weighted by molar-refractivity contribution is 0.415. The number of thioether (sulfide) groups is 1. The van der Waals surface area contributed by atoms with E-state index in [1.165, 1.54) is 23.9 Å². The van der Waals surface area contributed by atoms with Gasteiger partial charge in [-0.1, -0.05) is 23.9 Å². The standard InChI is InChI=1S/C16H16FN3OS/c1-21-15-8-4-12(5-9-15)10-19-20-16(18)22-11-13-2-6-14(17)7-3-13/h2-10H,11H2,1H3,(H2,18,20)/b19-10+. The van der Waals surface area contributed by atoms with Crippen LogP contribution in [0.15, 0.2) is 58.7 Å². The largest absolute Gasteiger partial charge is 0.497 e. The lowest BCUT2D eigenvalue weighted by Crippen LogP contribution is -2.06. The molecule has 0 radical (unpaired) electrons. The Morgan fingerprint density at radius 2 is 1.86 bits per heavy atom. The number of hydrogen-bond donors (Lipinski definition) is 1. The first-order chi connectivity index (χ1) is 10.7. The molecule has 2 N–H and O–H groups in total. The fraction of sp³-hybridized carbons (Fsp3) is 0.125. The molecular formula is C16H16FN3OS. The fourth-order valence-corrected chi connectivity index (χ4v) is 2.22. The predicted octanol–water partition coefficient (Wildman–Crippen LogP) is 3.42. The van der Waals surface area contributed by atoms with E-state index in [-0.39, 0.29) is 5.82 Å². The molecule has 0 spiro atoms. The molecule has 0 fully saturated rings. The number of nitrogens with zero attached hydrogens (tertiary/aromatic N) is 2. The van der Waals surface area contributed by atoms with Gasteiger partial charge in [-0.2, -0.15) is 5.10 Å². The Bertz CT molecular complexity index is 654. The van der Waals surface area contributed by atoms with Gasteiger partial charge in [-0.05, 0) is 47.5 Å². The Labute approximate surface area is 132 Å². The number of rotatable bonds is 5. The van der Waals surface area contributed by atoms with Crippen LogP contribution in [-0.2, 0) is 5.75 Å². The van der Waals surface area contributed by atoms with Crippen molar-refractivity contribution in [2.45, 2.75) is 5.75 Å². The first kappa shape index (κ1) is 16.0. The summed E-state index contributed by atoms with van der Waals surface area (Å²) < 4.78 is 17.9. The molecular weight excluding hydrogens is 301 g/mol. The summed E-state index contributed by atoms with van der Waals surface area (Å²) in [6.45, 7) is 0. The maximum Gasteiger partial charge on any atom is 0.180 e. The van der Waals surface area contributed by atoms with Gasteiger partial charge in [0.1, 0.15) is 11.6 Å². The molecule has 0 heterocycles. The van der Waals surface area contributed by atoms with Crippen molar-refractivity contribution in [3.63, 3.8) is 0 Å². The molecule has 0 atom stereocenters. The molecule has 2 aromatic rings. The zero-order chi connectivity index (χ0) is 15.8. The van der Waals surface area contributed by atoms with Crippen molar-refractivity contribution in [3.05, 3.63) is 65.5 Å². The normalized spacial score (nSPS) is 11.8. The molecule has 0 aliphatic rings. The van der Waals surface area contributed by atoms with E-state index in [2.05, 4.69) is 10.2 Å². The molecule has 4 nitrogen and oxygen atoms in total. The first-order valence-corrected chi connectivity index (χ1v) is 7.54. The Morgan fingerprint density at radius 3 is 2.50 bits per heavy atom. The van der Waals surface area contributed by atoms with E-state index >= 15 is 0 Å². The number of halogens is 1. The van der Waals surface area contributed by atoms with E-state index in [1.54, 1.807) is 25.5 Å². The molecule has 0 amide bonds. The van der Waals surface area contributed by atoms with Crippen LogP contribution < -0.4 is 10.5 Å². The number of amidine groups is 1. The van der Waals surface area contributed by atoms with Crippen molar-refractivity contribution in [1.29, 1.82) is 0 Å². The van der Waals surface area contributed by atoms with E-state index in [4.69, 9.17) is 10.5 Å². The second kappa shape index (κ2) is 8.19. The van der Waals surface area contributed by atoms with Gasteiger partial charge in [0, 0.05) is 5.75 Å². The van der Waals surface area contributed by atoms with Crippen LogP contribution in [0, 0.1) is 5.82 Å². The molecule has 0 bridgehead atoms. The summed E-state index contributed by atoms with van der Waals surface area (Å²) in [5, 5.41) is 8.21. The molecule has 0 aromatic heterocycles. The van der Waals surface area contributed by atoms with Crippen LogP contribution in [0.25, 0.3) is 0 Å². The van der Waals surface area contributed by atoms with Gasteiger partial charge in [0.05, 0.1) is 13.3 Å². The number of nitrogens with two attached hydrogens (primary N) is 1. The first-order valence-electron chi connectivity index (χ1n) is 6.55. The highest BCUT2D eigenvalue weighted by Gasteiger charge is 1.97. The number of ether oxygens (including phenoxy) is 1. The third kappa shape index (κ3) is 5.21. The molecule has 0 unspecified atom stereocenters. The van der Waals surface area contributed by atoms with Gasteiger partial charge in [0.2, 0.25) is 0 Å².